The van der Waals surface area contributed by atoms with Gasteiger partial charge in [0.15, 0.2) is 11.5 Å². The average molecular weight is 610 g/mol. The van der Waals surface area contributed by atoms with E-state index in [1.54, 1.807) is 24.3 Å². The number of nitro groups is 2. The zero-order valence-corrected chi connectivity index (χ0v) is 23.5. The number of ether oxygens (including phenoxy) is 2. The number of anilines is 4. The summed E-state index contributed by atoms with van der Waals surface area (Å²) in [4.78, 5) is 42.6. The molecular formula is C26H23N7O9S. The molecule has 0 bridgehead atoms. The highest BCUT2D eigenvalue weighted by atomic mass is 32.2. The molecular weight excluding hydrogens is 586 g/mol. The van der Waals surface area contributed by atoms with Gasteiger partial charge in [0.05, 0.1) is 34.5 Å². The molecule has 0 aliphatic heterocycles. The van der Waals surface area contributed by atoms with Crippen molar-refractivity contribution in [2.45, 2.75) is 11.8 Å². The molecule has 0 aliphatic rings. The van der Waals surface area contributed by atoms with Gasteiger partial charge in [-0.1, -0.05) is 17.7 Å². The van der Waals surface area contributed by atoms with Gasteiger partial charge in [-0.25, -0.2) is 8.42 Å². The van der Waals surface area contributed by atoms with Crippen molar-refractivity contribution >= 4 is 50.2 Å². The van der Waals surface area contributed by atoms with Crippen LogP contribution < -0.4 is 24.8 Å². The first-order valence-electron chi connectivity index (χ1n) is 12.1. The topological polar surface area (TPSA) is 218 Å². The van der Waals surface area contributed by atoms with Gasteiger partial charge in [0, 0.05) is 29.6 Å². The Bertz CT molecular complexity index is 1760. The smallest absolute Gasteiger partial charge is 0.321 e. The summed E-state index contributed by atoms with van der Waals surface area (Å²) < 4.78 is 37.9. The minimum atomic E-state index is -4.15. The predicted octanol–water partition coefficient (Wildman–Crippen LogP) is 4.42. The molecule has 16 nitrogen and oxygen atoms in total. The van der Waals surface area contributed by atoms with E-state index in [9.17, 15) is 33.4 Å². The second kappa shape index (κ2) is 12.4. The van der Waals surface area contributed by atoms with Crippen molar-refractivity contribution in [3.8, 4) is 11.9 Å². The summed E-state index contributed by atoms with van der Waals surface area (Å²) in [5.41, 5.74) is -0.737. The lowest BCUT2D eigenvalue weighted by molar-refractivity contribution is -0.392. The van der Waals surface area contributed by atoms with E-state index >= 15 is 0 Å². The SMILES string of the molecule is COc1cc(NS(=O)(=O)c2ccc(NC(=O)c3cc([N+](=O)[O-])c(Nc4ccc(C)cc4)c([N+](=O)[O-])c3)cc2)nc(OC)n1. The molecule has 0 spiro atoms. The van der Waals surface area contributed by atoms with E-state index in [1.807, 2.05) is 6.92 Å². The van der Waals surface area contributed by atoms with Crippen molar-refractivity contribution in [1.82, 2.24) is 9.97 Å². The number of aryl methyl sites for hydroxylation is 1. The van der Waals surface area contributed by atoms with Crippen LogP contribution in [0.2, 0.25) is 0 Å². The molecule has 1 aromatic heterocycles. The fourth-order valence-corrected chi connectivity index (χ4v) is 4.70. The summed E-state index contributed by atoms with van der Waals surface area (Å²) in [7, 11) is -1.51. The molecule has 4 aromatic rings. The molecule has 0 aliphatic carbocycles. The van der Waals surface area contributed by atoms with E-state index in [0.717, 1.165) is 17.7 Å². The van der Waals surface area contributed by atoms with Crippen molar-refractivity contribution in [3.05, 3.63) is 98.1 Å². The highest BCUT2D eigenvalue weighted by Crippen LogP contribution is 2.38. The van der Waals surface area contributed by atoms with E-state index in [-0.39, 0.29) is 33.9 Å². The number of hydrogen-bond donors (Lipinski definition) is 3. The third kappa shape index (κ3) is 7.09. The summed E-state index contributed by atoms with van der Waals surface area (Å²) in [6, 6.07) is 14.5. The average Bonchev–Trinajstić information content (AvgIpc) is 2.97. The Labute approximate surface area is 244 Å². The number of nitro benzene ring substituents is 2. The van der Waals surface area contributed by atoms with E-state index in [4.69, 9.17) is 9.47 Å². The number of rotatable bonds is 11. The largest absolute Gasteiger partial charge is 0.481 e. The number of nitrogens with one attached hydrogen (secondary N) is 3. The van der Waals surface area contributed by atoms with Crippen LogP contribution in [0.1, 0.15) is 15.9 Å². The second-order valence-corrected chi connectivity index (χ2v) is 10.4. The Kier molecular flexibility index (Phi) is 8.65. The molecule has 43 heavy (non-hydrogen) atoms. The van der Waals surface area contributed by atoms with Crippen LogP contribution >= 0.6 is 0 Å². The maximum atomic E-state index is 13.0. The number of benzene rings is 3. The van der Waals surface area contributed by atoms with Crippen LogP contribution in [0.3, 0.4) is 0 Å². The number of carbonyl (C=O) groups excluding carboxylic acids is 1. The Balaban J connectivity index is 1.57. The maximum Gasteiger partial charge on any atom is 0.321 e. The summed E-state index contributed by atoms with van der Waals surface area (Å²) in [6.07, 6.45) is 0. The van der Waals surface area contributed by atoms with E-state index in [1.165, 1.54) is 44.6 Å². The molecule has 3 aromatic carbocycles. The van der Waals surface area contributed by atoms with Crippen LogP contribution in [0, 0.1) is 27.2 Å². The van der Waals surface area contributed by atoms with E-state index in [2.05, 4.69) is 25.3 Å². The van der Waals surface area contributed by atoms with Gasteiger partial charge in [0.1, 0.15) is 0 Å². The number of aromatic nitrogens is 2. The number of nitrogens with zero attached hydrogens (tertiary/aromatic N) is 4. The number of sulfonamides is 1. The van der Waals surface area contributed by atoms with Crippen molar-refractivity contribution in [2.24, 2.45) is 0 Å². The zero-order valence-electron chi connectivity index (χ0n) is 22.7. The monoisotopic (exact) mass is 609 g/mol. The zero-order chi connectivity index (χ0) is 31.3. The third-order valence-corrected chi connectivity index (χ3v) is 7.18. The first-order chi connectivity index (χ1) is 20.4. The lowest BCUT2D eigenvalue weighted by atomic mass is 10.1. The molecule has 0 radical (unpaired) electrons. The maximum absolute atomic E-state index is 13.0. The fourth-order valence-electron chi connectivity index (χ4n) is 3.71. The summed E-state index contributed by atoms with van der Waals surface area (Å²) in [6.45, 7) is 1.83. The highest BCUT2D eigenvalue weighted by molar-refractivity contribution is 7.92. The Morgan fingerprint density at radius 1 is 0.837 bits per heavy atom. The molecule has 0 saturated carbocycles. The molecule has 0 fully saturated rings. The van der Waals surface area contributed by atoms with Gasteiger partial charge in [-0.3, -0.25) is 29.7 Å². The molecule has 1 amide bonds. The first kappa shape index (κ1) is 30.1. The van der Waals surface area contributed by atoms with Crippen LogP contribution in [-0.2, 0) is 10.0 Å². The standard InChI is InChI=1S/C26H23N7O9S/c1-15-4-6-17(7-5-15)27-24-20(32(35)36)12-16(13-21(24)33(37)38)25(34)28-18-8-10-19(11-9-18)43(39,40)31-22-14-23(41-2)30-26(29-22)42-3/h4-14,27H,1-3H3,(H,28,34)(H,29,30,31). The first-order valence-corrected chi connectivity index (χ1v) is 13.6. The van der Waals surface area contributed by atoms with Crippen molar-refractivity contribution < 1.29 is 32.5 Å². The van der Waals surface area contributed by atoms with Crippen LogP contribution in [0.5, 0.6) is 11.9 Å². The molecule has 0 saturated heterocycles. The molecule has 4 rings (SSSR count). The van der Waals surface area contributed by atoms with Gasteiger partial charge < -0.3 is 20.1 Å². The van der Waals surface area contributed by atoms with Gasteiger partial charge in [-0.05, 0) is 43.3 Å². The summed E-state index contributed by atoms with van der Waals surface area (Å²) >= 11 is 0. The van der Waals surface area contributed by atoms with E-state index in [0.29, 0.717) is 5.69 Å². The van der Waals surface area contributed by atoms with Gasteiger partial charge in [-0.2, -0.15) is 9.97 Å². The van der Waals surface area contributed by atoms with Gasteiger partial charge in [0.25, 0.3) is 15.9 Å². The van der Waals surface area contributed by atoms with Crippen LogP contribution in [0.25, 0.3) is 0 Å². The molecule has 0 unspecified atom stereocenters. The van der Waals surface area contributed by atoms with E-state index < -0.39 is 42.8 Å². The number of amides is 1. The molecule has 1 heterocycles. The summed E-state index contributed by atoms with van der Waals surface area (Å²) in [5.74, 6) is -0.964. The number of methoxy groups -OCH3 is 2. The predicted molar refractivity (Wildman–Crippen MR) is 155 cm³/mol. The Hall–Kier alpha value is -5.84. The van der Waals surface area contributed by atoms with Crippen molar-refractivity contribution in [2.75, 3.05) is 29.6 Å². The normalized spacial score (nSPS) is 10.9. The minimum absolute atomic E-state index is 0.0575. The second-order valence-electron chi connectivity index (χ2n) is 8.76. The van der Waals surface area contributed by atoms with Crippen LogP contribution in [0.15, 0.2) is 71.6 Å². The van der Waals surface area contributed by atoms with Crippen molar-refractivity contribution in [1.29, 1.82) is 0 Å². The summed E-state index contributed by atoms with van der Waals surface area (Å²) in [5, 5.41) is 28.8. The number of carbonyl (C=O) groups is 1. The third-order valence-electron chi connectivity index (χ3n) is 5.81. The molecule has 222 valence electrons. The lowest BCUT2D eigenvalue weighted by Gasteiger charge is -2.11. The van der Waals surface area contributed by atoms with Gasteiger partial charge in [-0.15, -0.1) is 0 Å². The van der Waals surface area contributed by atoms with Crippen LogP contribution in [0.4, 0.5) is 34.3 Å². The Morgan fingerprint density at radius 2 is 1.42 bits per heavy atom. The molecule has 0 atom stereocenters. The Morgan fingerprint density at radius 3 is 1.95 bits per heavy atom. The lowest BCUT2D eigenvalue weighted by Crippen LogP contribution is -2.15. The van der Waals surface area contributed by atoms with Crippen molar-refractivity contribution in [3.63, 3.8) is 0 Å². The quantitative estimate of drug-likeness (QED) is 0.159. The van der Waals surface area contributed by atoms with Crippen LogP contribution in [-0.4, -0.2) is 48.4 Å². The highest BCUT2D eigenvalue weighted by Gasteiger charge is 2.29. The minimum Gasteiger partial charge on any atom is -0.481 e. The van der Waals surface area contributed by atoms with Gasteiger partial charge >= 0.3 is 17.4 Å². The number of hydrogen-bond acceptors (Lipinski definition) is 12. The fraction of sp³-hybridized carbons (Fsp3) is 0.115. The van der Waals surface area contributed by atoms with Gasteiger partial charge in [0.2, 0.25) is 5.88 Å². The molecule has 3 N–H and O–H groups in total. The molecule has 17 heteroatoms.